The van der Waals surface area contributed by atoms with Crippen molar-refractivity contribution in [1.29, 1.82) is 0 Å². The minimum absolute atomic E-state index is 0. The van der Waals surface area contributed by atoms with Crippen LogP contribution in [0.1, 0.15) is 31.4 Å². The summed E-state index contributed by atoms with van der Waals surface area (Å²) in [6, 6.07) is 8.67. The summed E-state index contributed by atoms with van der Waals surface area (Å²) in [6.45, 7) is 7.76. The van der Waals surface area contributed by atoms with Gasteiger partial charge in [-0.05, 0) is 38.6 Å². The van der Waals surface area contributed by atoms with Crippen LogP contribution < -0.4 is 10.6 Å². The molecule has 0 saturated carbocycles. The summed E-state index contributed by atoms with van der Waals surface area (Å²) in [5, 5.41) is 6.57. The summed E-state index contributed by atoms with van der Waals surface area (Å²) in [7, 11) is 4.17. The van der Waals surface area contributed by atoms with Crippen molar-refractivity contribution in [3.8, 4) is 0 Å². The second-order valence-corrected chi connectivity index (χ2v) is 5.18. The number of aliphatic imine (C=N–C) groups is 1. The summed E-state index contributed by atoms with van der Waals surface area (Å²) >= 11 is 0. The number of rotatable bonds is 7. The van der Waals surface area contributed by atoms with Gasteiger partial charge in [0, 0.05) is 19.6 Å². The van der Waals surface area contributed by atoms with E-state index in [-0.39, 0.29) is 24.0 Å². The predicted octanol–water partition coefficient (Wildman–Crippen LogP) is 2.83. The first-order valence-corrected chi connectivity index (χ1v) is 7.40. The molecule has 0 aromatic heterocycles. The Balaban J connectivity index is 0.00000400. The third-order valence-corrected chi connectivity index (χ3v) is 2.83. The molecule has 0 atom stereocenters. The third-order valence-electron chi connectivity index (χ3n) is 2.83. The lowest BCUT2D eigenvalue weighted by molar-refractivity contribution is 0.402. The van der Waals surface area contributed by atoms with Gasteiger partial charge in [0.05, 0.1) is 6.54 Å². The van der Waals surface area contributed by atoms with Gasteiger partial charge >= 0.3 is 0 Å². The zero-order chi connectivity index (χ0) is 14.8. The van der Waals surface area contributed by atoms with Crippen LogP contribution in [0.25, 0.3) is 0 Å². The van der Waals surface area contributed by atoms with Crippen molar-refractivity contribution in [3.63, 3.8) is 0 Å². The maximum atomic E-state index is 4.60. The van der Waals surface area contributed by atoms with Gasteiger partial charge in [0.15, 0.2) is 5.96 Å². The molecule has 0 heterocycles. The van der Waals surface area contributed by atoms with Gasteiger partial charge in [-0.2, -0.15) is 0 Å². The molecule has 0 unspecified atom stereocenters. The van der Waals surface area contributed by atoms with Crippen LogP contribution in [0.3, 0.4) is 0 Å². The molecule has 0 fully saturated rings. The summed E-state index contributed by atoms with van der Waals surface area (Å²) in [5.41, 5.74) is 2.57. The van der Waals surface area contributed by atoms with Crippen LogP contribution in [0.4, 0.5) is 0 Å². The van der Waals surface area contributed by atoms with Crippen molar-refractivity contribution in [2.24, 2.45) is 4.99 Å². The highest BCUT2D eigenvalue weighted by Crippen LogP contribution is 2.07. The molecule has 1 rings (SSSR count). The lowest BCUT2D eigenvalue weighted by Crippen LogP contribution is -2.37. The Bertz CT molecular complexity index is 401. The Labute approximate surface area is 146 Å². The Hall–Kier alpha value is -0.820. The highest BCUT2D eigenvalue weighted by atomic mass is 127. The molecule has 120 valence electrons. The maximum Gasteiger partial charge on any atom is 0.191 e. The molecular formula is C16H29IN4. The number of hydrogen-bond acceptors (Lipinski definition) is 2. The molecule has 4 nitrogen and oxygen atoms in total. The van der Waals surface area contributed by atoms with Crippen molar-refractivity contribution >= 4 is 29.9 Å². The normalized spacial score (nSPS) is 11.2. The first-order chi connectivity index (χ1) is 9.65. The Kier molecular flexibility index (Phi) is 11.3. The minimum Gasteiger partial charge on any atom is -0.357 e. The molecule has 0 aliphatic carbocycles. The predicted molar refractivity (Wildman–Crippen MR) is 102 cm³/mol. The topological polar surface area (TPSA) is 39.7 Å². The standard InChI is InChI=1S/C16H28N4.HI/c1-5-11-18-16(17-6-2)19-12-14-7-9-15(10-8-14)13-20(3)4;/h7-10H,5-6,11-13H2,1-4H3,(H2,17,18,19);1H. The van der Waals surface area contributed by atoms with E-state index in [0.29, 0.717) is 6.54 Å². The lowest BCUT2D eigenvalue weighted by atomic mass is 10.1. The molecule has 0 aliphatic rings. The second-order valence-electron chi connectivity index (χ2n) is 5.18. The van der Waals surface area contributed by atoms with Crippen LogP contribution in [0.5, 0.6) is 0 Å². The average molecular weight is 404 g/mol. The zero-order valence-electron chi connectivity index (χ0n) is 13.6. The van der Waals surface area contributed by atoms with Crippen LogP contribution in [-0.4, -0.2) is 38.0 Å². The molecule has 21 heavy (non-hydrogen) atoms. The van der Waals surface area contributed by atoms with E-state index in [2.05, 4.69) is 72.7 Å². The van der Waals surface area contributed by atoms with E-state index >= 15 is 0 Å². The van der Waals surface area contributed by atoms with E-state index in [1.165, 1.54) is 11.1 Å². The smallest absolute Gasteiger partial charge is 0.191 e. The molecule has 0 aliphatic heterocycles. The molecule has 0 spiro atoms. The van der Waals surface area contributed by atoms with Crippen molar-refractivity contribution in [3.05, 3.63) is 35.4 Å². The Morgan fingerprint density at radius 2 is 1.67 bits per heavy atom. The van der Waals surface area contributed by atoms with Gasteiger partial charge in [0.1, 0.15) is 0 Å². The summed E-state index contributed by atoms with van der Waals surface area (Å²) in [5.74, 6) is 0.895. The van der Waals surface area contributed by atoms with E-state index in [0.717, 1.165) is 32.0 Å². The minimum atomic E-state index is 0. The molecule has 0 amide bonds. The molecule has 5 heteroatoms. The van der Waals surface area contributed by atoms with Gasteiger partial charge in [-0.15, -0.1) is 24.0 Å². The monoisotopic (exact) mass is 404 g/mol. The average Bonchev–Trinajstić information content (AvgIpc) is 2.43. The Morgan fingerprint density at radius 1 is 1.05 bits per heavy atom. The van der Waals surface area contributed by atoms with E-state index in [1.807, 2.05) is 0 Å². The fourth-order valence-corrected chi connectivity index (χ4v) is 1.87. The summed E-state index contributed by atoms with van der Waals surface area (Å²) in [6.07, 6.45) is 1.10. The van der Waals surface area contributed by atoms with Crippen LogP contribution in [0.2, 0.25) is 0 Å². The first-order valence-electron chi connectivity index (χ1n) is 7.40. The number of guanidine groups is 1. The van der Waals surface area contributed by atoms with Gasteiger partial charge in [0.2, 0.25) is 0 Å². The summed E-state index contributed by atoms with van der Waals surface area (Å²) in [4.78, 5) is 6.77. The van der Waals surface area contributed by atoms with Crippen LogP contribution in [-0.2, 0) is 13.1 Å². The third kappa shape index (κ3) is 8.93. The van der Waals surface area contributed by atoms with Crippen molar-refractivity contribution in [1.82, 2.24) is 15.5 Å². The number of hydrogen-bond donors (Lipinski definition) is 2. The molecule has 0 bridgehead atoms. The molecule has 1 aromatic carbocycles. The molecule has 0 radical (unpaired) electrons. The molecule has 1 aromatic rings. The highest BCUT2D eigenvalue weighted by Gasteiger charge is 1.98. The van der Waals surface area contributed by atoms with E-state index in [4.69, 9.17) is 0 Å². The molecule has 0 saturated heterocycles. The van der Waals surface area contributed by atoms with Crippen molar-refractivity contribution in [2.45, 2.75) is 33.4 Å². The number of benzene rings is 1. The van der Waals surface area contributed by atoms with Gasteiger partial charge in [0.25, 0.3) is 0 Å². The Morgan fingerprint density at radius 3 is 2.19 bits per heavy atom. The second kappa shape index (κ2) is 11.8. The van der Waals surface area contributed by atoms with Gasteiger partial charge in [-0.3, -0.25) is 0 Å². The fraction of sp³-hybridized carbons (Fsp3) is 0.562. The number of nitrogens with zero attached hydrogens (tertiary/aromatic N) is 2. The largest absolute Gasteiger partial charge is 0.357 e. The van der Waals surface area contributed by atoms with Crippen LogP contribution in [0, 0.1) is 0 Å². The lowest BCUT2D eigenvalue weighted by Gasteiger charge is -2.11. The fourth-order valence-electron chi connectivity index (χ4n) is 1.87. The van der Waals surface area contributed by atoms with E-state index in [9.17, 15) is 0 Å². The molecule has 2 N–H and O–H groups in total. The zero-order valence-corrected chi connectivity index (χ0v) is 16.0. The quantitative estimate of drug-likeness (QED) is 0.417. The van der Waals surface area contributed by atoms with E-state index in [1.54, 1.807) is 0 Å². The SMILES string of the molecule is CCCNC(=NCc1ccc(CN(C)C)cc1)NCC.I. The van der Waals surface area contributed by atoms with Gasteiger partial charge in [-0.25, -0.2) is 4.99 Å². The highest BCUT2D eigenvalue weighted by molar-refractivity contribution is 14.0. The number of nitrogens with one attached hydrogen (secondary N) is 2. The van der Waals surface area contributed by atoms with Crippen LogP contribution in [0.15, 0.2) is 29.3 Å². The number of halogens is 1. The van der Waals surface area contributed by atoms with Crippen LogP contribution >= 0.6 is 24.0 Å². The van der Waals surface area contributed by atoms with Gasteiger partial charge < -0.3 is 15.5 Å². The van der Waals surface area contributed by atoms with Crippen molar-refractivity contribution < 1.29 is 0 Å². The van der Waals surface area contributed by atoms with Gasteiger partial charge in [-0.1, -0.05) is 31.2 Å². The first kappa shape index (κ1) is 20.2. The van der Waals surface area contributed by atoms with E-state index < -0.39 is 0 Å². The maximum absolute atomic E-state index is 4.60. The molecular weight excluding hydrogens is 375 g/mol. The summed E-state index contributed by atoms with van der Waals surface area (Å²) < 4.78 is 0. The van der Waals surface area contributed by atoms with Crippen molar-refractivity contribution in [2.75, 3.05) is 27.2 Å².